The number of carbonyl (C=O) groups is 1. The van der Waals surface area contributed by atoms with Crippen LogP contribution in [-0.4, -0.2) is 5.78 Å². The smallest absolute Gasteiger partial charge is 0.195 e. The molecular weight excluding hydrogens is 251 g/mol. The van der Waals surface area contributed by atoms with Crippen LogP contribution in [0.1, 0.15) is 45.5 Å². The van der Waals surface area contributed by atoms with Crippen molar-refractivity contribution in [2.24, 2.45) is 0 Å². The second-order valence-electron chi connectivity index (χ2n) is 5.46. The molecule has 0 unspecified atom stereocenters. The van der Waals surface area contributed by atoms with Crippen LogP contribution in [0.3, 0.4) is 0 Å². The topological polar surface area (TPSA) is 17.1 Å². The summed E-state index contributed by atoms with van der Waals surface area (Å²) in [7, 11) is 0. The van der Waals surface area contributed by atoms with Crippen molar-refractivity contribution in [3.05, 3.63) is 70.0 Å². The van der Waals surface area contributed by atoms with Gasteiger partial charge >= 0.3 is 0 Å². The molecule has 102 valence electrons. The van der Waals surface area contributed by atoms with E-state index in [1.165, 1.54) is 24.0 Å². The highest BCUT2D eigenvalue weighted by molar-refractivity contribution is 6.09. The molecule has 0 bridgehead atoms. The van der Waals surface area contributed by atoms with E-state index in [0.29, 0.717) is 11.1 Å². The predicted octanol–water partition coefficient (Wildman–Crippen LogP) is 4.24. The lowest BCUT2D eigenvalue weighted by Crippen LogP contribution is -2.09. The summed E-state index contributed by atoms with van der Waals surface area (Å²) in [6.45, 7) is 1.68. The highest BCUT2D eigenvalue weighted by atomic mass is 19.1. The molecule has 0 saturated carbocycles. The molecule has 0 fully saturated rings. The van der Waals surface area contributed by atoms with E-state index >= 15 is 0 Å². The fraction of sp³-hybridized carbons (Fsp3) is 0.278. The monoisotopic (exact) mass is 268 g/mol. The van der Waals surface area contributed by atoms with Crippen LogP contribution < -0.4 is 0 Å². The number of halogens is 1. The Balaban J connectivity index is 2.00. The third kappa shape index (κ3) is 2.26. The summed E-state index contributed by atoms with van der Waals surface area (Å²) < 4.78 is 14.1. The first-order valence-corrected chi connectivity index (χ1v) is 7.08. The summed E-state index contributed by atoms with van der Waals surface area (Å²) in [5.41, 5.74) is 3.84. The minimum absolute atomic E-state index is 0.167. The zero-order chi connectivity index (χ0) is 14.1. The number of aryl methyl sites for hydroxylation is 3. The molecule has 0 heterocycles. The molecule has 0 aliphatic heterocycles. The van der Waals surface area contributed by atoms with Crippen LogP contribution in [0.25, 0.3) is 0 Å². The summed E-state index contributed by atoms with van der Waals surface area (Å²) in [5.74, 6) is -0.630. The van der Waals surface area contributed by atoms with Gasteiger partial charge in [0.25, 0.3) is 0 Å². The number of rotatable bonds is 2. The van der Waals surface area contributed by atoms with Crippen LogP contribution in [0.15, 0.2) is 36.4 Å². The summed E-state index contributed by atoms with van der Waals surface area (Å²) in [6.07, 6.45) is 4.49. The van der Waals surface area contributed by atoms with Gasteiger partial charge in [-0.15, -0.1) is 0 Å². The first kappa shape index (κ1) is 13.0. The first-order chi connectivity index (χ1) is 9.66. The van der Waals surface area contributed by atoms with Crippen LogP contribution in [0.5, 0.6) is 0 Å². The number of hydrogen-bond donors (Lipinski definition) is 0. The average Bonchev–Trinajstić information content (AvgIpc) is 2.49. The van der Waals surface area contributed by atoms with E-state index in [1.807, 2.05) is 18.2 Å². The third-order valence-electron chi connectivity index (χ3n) is 4.05. The van der Waals surface area contributed by atoms with E-state index in [9.17, 15) is 9.18 Å². The number of ketones is 1. The molecule has 0 aromatic heterocycles. The van der Waals surface area contributed by atoms with Gasteiger partial charge in [-0.25, -0.2) is 4.39 Å². The van der Waals surface area contributed by atoms with Gasteiger partial charge in [-0.05, 0) is 61.4 Å². The Morgan fingerprint density at radius 1 is 1.05 bits per heavy atom. The Labute approximate surface area is 118 Å². The van der Waals surface area contributed by atoms with Crippen molar-refractivity contribution < 1.29 is 9.18 Å². The Kier molecular flexibility index (Phi) is 3.39. The van der Waals surface area contributed by atoms with Gasteiger partial charge in [-0.3, -0.25) is 4.79 Å². The largest absolute Gasteiger partial charge is 0.288 e. The zero-order valence-electron chi connectivity index (χ0n) is 11.6. The van der Waals surface area contributed by atoms with Crippen molar-refractivity contribution in [3.63, 3.8) is 0 Å². The Bertz CT molecular complexity index is 673. The molecule has 2 heteroatoms. The molecule has 0 N–H and O–H groups in total. The van der Waals surface area contributed by atoms with Gasteiger partial charge in [0.1, 0.15) is 5.82 Å². The molecule has 2 aromatic rings. The number of benzene rings is 2. The summed E-state index contributed by atoms with van der Waals surface area (Å²) in [5, 5.41) is 0. The van der Waals surface area contributed by atoms with E-state index in [2.05, 4.69) is 0 Å². The van der Waals surface area contributed by atoms with Crippen molar-refractivity contribution in [2.45, 2.75) is 32.6 Å². The maximum Gasteiger partial charge on any atom is 0.195 e. The van der Waals surface area contributed by atoms with Gasteiger partial charge in [0.15, 0.2) is 5.78 Å². The molecular formula is C18H17FO. The molecule has 20 heavy (non-hydrogen) atoms. The van der Waals surface area contributed by atoms with Crippen LogP contribution >= 0.6 is 0 Å². The van der Waals surface area contributed by atoms with Crippen molar-refractivity contribution in [3.8, 4) is 0 Å². The average molecular weight is 268 g/mol. The molecule has 1 aliphatic carbocycles. The number of fused-ring (bicyclic) bond motifs is 1. The quantitative estimate of drug-likeness (QED) is 0.744. The fourth-order valence-electron chi connectivity index (χ4n) is 2.85. The Hall–Kier alpha value is -1.96. The number of carbonyl (C=O) groups excluding carboxylic acids is 1. The summed E-state index contributed by atoms with van der Waals surface area (Å²) >= 11 is 0. The molecule has 1 nitrogen and oxygen atoms in total. The highest BCUT2D eigenvalue weighted by Gasteiger charge is 2.17. The van der Waals surface area contributed by atoms with Gasteiger partial charge in [-0.1, -0.05) is 24.3 Å². The molecule has 0 saturated heterocycles. The minimum atomic E-state index is -0.407. The Morgan fingerprint density at radius 2 is 1.80 bits per heavy atom. The predicted molar refractivity (Wildman–Crippen MR) is 77.7 cm³/mol. The number of hydrogen-bond acceptors (Lipinski definition) is 1. The molecule has 0 amide bonds. The van der Waals surface area contributed by atoms with E-state index in [1.54, 1.807) is 25.1 Å². The van der Waals surface area contributed by atoms with Gasteiger partial charge < -0.3 is 0 Å². The Morgan fingerprint density at radius 3 is 2.60 bits per heavy atom. The lowest BCUT2D eigenvalue weighted by molar-refractivity contribution is 0.103. The fourth-order valence-corrected chi connectivity index (χ4v) is 2.85. The van der Waals surface area contributed by atoms with Crippen LogP contribution in [0, 0.1) is 12.7 Å². The van der Waals surface area contributed by atoms with Crippen molar-refractivity contribution in [2.75, 3.05) is 0 Å². The van der Waals surface area contributed by atoms with E-state index in [4.69, 9.17) is 0 Å². The minimum Gasteiger partial charge on any atom is -0.288 e. The maximum atomic E-state index is 14.1. The van der Waals surface area contributed by atoms with Crippen molar-refractivity contribution in [1.29, 1.82) is 0 Å². The van der Waals surface area contributed by atoms with E-state index in [-0.39, 0.29) is 11.3 Å². The summed E-state index contributed by atoms with van der Waals surface area (Å²) in [4.78, 5) is 12.5. The second kappa shape index (κ2) is 5.20. The molecule has 1 aliphatic rings. The molecule has 2 aromatic carbocycles. The summed E-state index contributed by atoms with van der Waals surface area (Å²) in [6, 6.07) is 10.8. The SMILES string of the molecule is Cc1cccc(C(=O)c2ccc3c(c2)CCCC3)c1F. The van der Waals surface area contributed by atoms with Gasteiger partial charge in [0.05, 0.1) is 5.56 Å². The first-order valence-electron chi connectivity index (χ1n) is 7.08. The van der Waals surface area contributed by atoms with Crippen LogP contribution in [-0.2, 0) is 12.8 Å². The highest BCUT2D eigenvalue weighted by Crippen LogP contribution is 2.24. The van der Waals surface area contributed by atoms with Gasteiger partial charge in [0.2, 0.25) is 0 Å². The van der Waals surface area contributed by atoms with E-state index < -0.39 is 5.82 Å². The van der Waals surface area contributed by atoms with Gasteiger partial charge in [0, 0.05) is 5.56 Å². The normalized spacial score (nSPS) is 13.9. The molecule has 0 radical (unpaired) electrons. The van der Waals surface area contributed by atoms with E-state index in [0.717, 1.165) is 12.8 Å². The third-order valence-corrected chi connectivity index (χ3v) is 4.05. The molecule has 3 rings (SSSR count). The van der Waals surface area contributed by atoms with Crippen LogP contribution in [0.4, 0.5) is 4.39 Å². The van der Waals surface area contributed by atoms with Gasteiger partial charge in [-0.2, -0.15) is 0 Å². The van der Waals surface area contributed by atoms with Crippen molar-refractivity contribution in [1.82, 2.24) is 0 Å². The van der Waals surface area contributed by atoms with Crippen LogP contribution in [0.2, 0.25) is 0 Å². The van der Waals surface area contributed by atoms with Crippen molar-refractivity contribution >= 4 is 5.78 Å². The standard InChI is InChI=1S/C18H17FO/c1-12-5-4-8-16(17(12)19)18(20)15-10-9-13-6-2-3-7-14(13)11-15/h4-5,8-11H,2-3,6-7H2,1H3. The lowest BCUT2D eigenvalue weighted by Gasteiger charge is -2.16. The lowest BCUT2D eigenvalue weighted by atomic mass is 9.89. The molecule has 0 spiro atoms. The second-order valence-corrected chi connectivity index (χ2v) is 5.46. The maximum absolute atomic E-state index is 14.1. The zero-order valence-corrected chi connectivity index (χ0v) is 11.6. The molecule has 0 atom stereocenters.